The van der Waals surface area contributed by atoms with Crippen LogP contribution < -0.4 is 11.1 Å². The van der Waals surface area contributed by atoms with Gasteiger partial charge in [0.2, 0.25) is 0 Å². The monoisotopic (exact) mass is 172 g/mol. The van der Waals surface area contributed by atoms with Gasteiger partial charge in [-0.2, -0.15) is 0 Å². The van der Waals surface area contributed by atoms with Crippen LogP contribution in [0.2, 0.25) is 0 Å². The van der Waals surface area contributed by atoms with Gasteiger partial charge in [-0.25, -0.2) is 0 Å². The second kappa shape index (κ2) is 4.57. The summed E-state index contributed by atoms with van der Waals surface area (Å²) in [5, 5.41) is 2.72. The van der Waals surface area contributed by atoms with Crippen molar-refractivity contribution in [2.24, 2.45) is 5.73 Å². The number of allylic oxidation sites excluding steroid dienone is 4. The lowest BCUT2D eigenvalue weighted by Crippen LogP contribution is -2.22. The topological polar surface area (TPSA) is 55.1 Å². The van der Waals surface area contributed by atoms with Crippen LogP contribution in [0.15, 0.2) is 36.2 Å². The predicted molar refractivity (Wildman–Crippen MR) is 45.9 cm³/mol. The molecule has 1 heterocycles. The minimum atomic E-state index is -0.448. The van der Waals surface area contributed by atoms with Gasteiger partial charge in [-0.05, 0) is 12.2 Å². The molecule has 11 heavy (non-hydrogen) atoms. The number of nitrogens with two attached hydrogens (primary N) is 1. The van der Waals surface area contributed by atoms with E-state index in [0.717, 1.165) is 0 Å². The van der Waals surface area contributed by atoms with Crippen molar-refractivity contribution >= 4 is 18.3 Å². The van der Waals surface area contributed by atoms with Gasteiger partial charge in [-0.1, -0.05) is 12.2 Å². The summed E-state index contributed by atoms with van der Waals surface area (Å²) in [5.74, 6) is -0.448. The van der Waals surface area contributed by atoms with Crippen LogP contribution in [0.3, 0.4) is 0 Å². The summed E-state index contributed by atoms with van der Waals surface area (Å²) >= 11 is 0. The molecule has 1 rings (SSSR count). The van der Waals surface area contributed by atoms with Crippen molar-refractivity contribution in [3.05, 3.63) is 36.2 Å². The Hall–Kier alpha value is -1.22. The summed E-state index contributed by atoms with van der Waals surface area (Å²) in [6.45, 7) is 0. The SMILES string of the molecule is Cl.NC(=O)C1=CC=CC=CN1. The van der Waals surface area contributed by atoms with Crippen molar-refractivity contribution in [3.63, 3.8) is 0 Å². The molecule has 3 nitrogen and oxygen atoms in total. The lowest BCUT2D eigenvalue weighted by Gasteiger charge is -1.97. The Morgan fingerprint density at radius 3 is 2.73 bits per heavy atom. The first-order valence-corrected chi connectivity index (χ1v) is 2.90. The van der Waals surface area contributed by atoms with Gasteiger partial charge < -0.3 is 11.1 Å². The maximum Gasteiger partial charge on any atom is 0.265 e. The number of carbonyl (C=O) groups excluding carboxylic acids is 1. The van der Waals surface area contributed by atoms with Crippen molar-refractivity contribution < 1.29 is 4.79 Å². The predicted octanol–water partition coefficient (Wildman–Crippen LogP) is 0.451. The molecule has 3 N–H and O–H groups in total. The molecule has 0 saturated heterocycles. The van der Waals surface area contributed by atoms with Crippen LogP contribution in [0.25, 0.3) is 0 Å². The van der Waals surface area contributed by atoms with E-state index in [-0.39, 0.29) is 12.4 Å². The van der Waals surface area contributed by atoms with Crippen molar-refractivity contribution in [1.29, 1.82) is 0 Å². The highest BCUT2D eigenvalue weighted by Gasteiger charge is 1.99. The van der Waals surface area contributed by atoms with Gasteiger partial charge in [0.25, 0.3) is 5.91 Å². The zero-order chi connectivity index (χ0) is 7.40. The Balaban J connectivity index is 0.000001000. The number of nitrogens with one attached hydrogen (secondary N) is 1. The number of rotatable bonds is 1. The van der Waals surface area contributed by atoms with Gasteiger partial charge in [0, 0.05) is 6.20 Å². The third kappa shape index (κ3) is 2.91. The molecule has 0 spiro atoms. The van der Waals surface area contributed by atoms with Crippen molar-refractivity contribution in [3.8, 4) is 0 Å². The Bertz CT molecular complexity index is 231. The Labute approximate surface area is 71.1 Å². The summed E-state index contributed by atoms with van der Waals surface area (Å²) in [7, 11) is 0. The van der Waals surface area contributed by atoms with Crippen molar-refractivity contribution in [2.75, 3.05) is 0 Å². The highest BCUT2D eigenvalue weighted by molar-refractivity contribution is 5.91. The van der Waals surface area contributed by atoms with Crippen LogP contribution in [-0.2, 0) is 4.79 Å². The second-order valence-electron chi connectivity index (χ2n) is 1.83. The third-order valence-corrected chi connectivity index (χ3v) is 1.09. The molecule has 0 fully saturated rings. The van der Waals surface area contributed by atoms with E-state index in [1.807, 2.05) is 6.08 Å². The van der Waals surface area contributed by atoms with Gasteiger partial charge in [-0.3, -0.25) is 4.79 Å². The molecule has 0 atom stereocenters. The molecule has 60 valence electrons. The molecule has 0 aromatic carbocycles. The third-order valence-electron chi connectivity index (χ3n) is 1.09. The molecule has 1 aliphatic rings. The molecule has 1 aliphatic heterocycles. The average molecular weight is 173 g/mol. The lowest BCUT2D eigenvalue weighted by molar-refractivity contribution is -0.114. The fourth-order valence-corrected chi connectivity index (χ4v) is 0.611. The molecule has 4 heteroatoms. The maximum absolute atomic E-state index is 10.5. The summed E-state index contributed by atoms with van der Waals surface area (Å²) in [4.78, 5) is 10.5. The summed E-state index contributed by atoms with van der Waals surface area (Å²) < 4.78 is 0. The molecular formula is C7H9ClN2O. The number of halogens is 1. The van der Waals surface area contributed by atoms with Crippen molar-refractivity contribution in [2.45, 2.75) is 0 Å². The Morgan fingerprint density at radius 1 is 1.36 bits per heavy atom. The summed E-state index contributed by atoms with van der Waals surface area (Å²) in [6, 6.07) is 0. The van der Waals surface area contributed by atoms with E-state index in [2.05, 4.69) is 5.32 Å². The van der Waals surface area contributed by atoms with Gasteiger partial charge in [-0.15, -0.1) is 12.4 Å². The molecular weight excluding hydrogens is 164 g/mol. The zero-order valence-electron chi connectivity index (χ0n) is 5.78. The van der Waals surface area contributed by atoms with Crippen LogP contribution in [-0.4, -0.2) is 5.91 Å². The largest absolute Gasteiger partial charge is 0.364 e. The summed E-state index contributed by atoms with van der Waals surface area (Å²) in [5.41, 5.74) is 5.41. The minimum Gasteiger partial charge on any atom is -0.364 e. The zero-order valence-corrected chi connectivity index (χ0v) is 6.60. The highest BCUT2D eigenvalue weighted by atomic mass is 35.5. The van der Waals surface area contributed by atoms with E-state index in [9.17, 15) is 4.79 Å². The maximum atomic E-state index is 10.5. The quantitative estimate of drug-likeness (QED) is 0.604. The fraction of sp³-hybridized carbons (Fsp3) is 0. The number of carbonyl (C=O) groups is 1. The van der Waals surface area contributed by atoms with E-state index in [4.69, 9.17) is 5.73 Å². The highest BCUT2D eigenvalue weighted by Crippen LogP contribution is 1.93. The summed E-state index contributed by atoms with van der Waals surface area (Å²) in [6.07, 6.45) is 8.62. The Kier molecular flexibility index (Phi) is 4.07. The van der Waals surface area contributed by atoms with Crippen molar-refractivity contribution in [1.82, 2.24) is 5.32 Å². The molecule has 0 radical (unpaired) electrons. The van der Waals surface area contributed by atoms with E-state index < -0.39 is 5.91 Å². The van der Waals surface area contributed by atoms with Crippen LogP contribution >= 0.6 is 12.4 Å². The number of hydrogen-bond acceptors (Lipinski definition) is 2. The smallest absolute Gasteiger partial charge is 0.265 e. The normalized spacial score (nSPS) is 14.0. The van der Waals surface area contributed by atoms with Crippen LogP contribution in [0.1, 0.15) is 0 Å². The van der Waals surface area contributed by atoms with Crippen LogP contribution in [0.4, 0.5) is 0 Å². The molecule has 0 aromatic rings. The molecule has 0 aromatic heterocycles. The number of amides is 1. The van der Waals surface area contributed by atoms with E-state index in [0.29, 0.717) is 5.70 Å². The standard InChI is InChI=1S/C7H8N2O.ClH/c8-7(10)6-4-2-1-3-5-9-6;/h1-5,9H,(H2,8,10);1H. The van der Waals surface area contributed by atoms with Gasteiger partial charge >= 0.3 is 0 Å². The van der Waals surface area contributed by atoms with Crippen LogP contribution in [0, 0.1) is 0 Å². The fourth-order valence-electron chi connectivity index (χ4n) is 0.611. The first kappa shape index (κ1) is 9.78. The second-order valence-corrected chi connectivity index (χ2v) is 1.83. The first-order chi connectivity index (χ1) is 4.80. The molecule has 1 amide bonds. The number of primary amides is 1. The van der Waals surface area contributed by atoms with E-state index in [1.54, 1.807) is 24.4 Å². The molecule has 0 bridgehead atoms. The van der Waals surface area contributed by atoms with E-state index in [1.165, 1.54) is 0 Å². The molecule has 0 unspecified atom stereocenters. The van der Waals surface area contributed by atoms with Crippen LogP contribution in [0.5, 0.6) is 0 Å². The average Bonchev–Trinajstić information content (AvgIpc) is 2.12. The first-order valence-electron chi connectivity index (χ1n) is 2.90. The lowest BCUT2D eigenvalue weighted by atomic mass is 10.4. The van der Waals surface area contributed by atoms with Gasteiger partial charge in [0.15, 0.2) is 0 Å². The van der Waals surface area contributed by atoms with E-state index >= 15 is 0 Å². The number of hydrogen-bond donors (Lipinski definition) is 2. The van der Waals surface area contributed by atoms with Gasteiger partial charge in [0.05, 0.1) is 0 Å². The molecule has 0 saturated carbocycles. The minimum absolute atomic E-state index is 0. The molecule has 0 aliphatic carbocycles. The van der Waals surface area contributed by atoms with Gasteiger partial charge in [0.1, 0.15) is 5.70 Å². The Morgan fingerprint density at radius 2 is 2.09 bits per heavy atom.